The standard InChI is InChI=1S/C23H20N2O3Se/c1-27-20-12-9-16(13-21(20)28-2)25-23(26)15-7-10-17(11-8-15)29-22-14-24-19-6-4-3-5-18(19)22/h3-14,24H,1-2H3,(H,25,26). The maximum absolute atomic E-state index is 12.6. The number of carbonyl (C=O) groups is 1. The molecule has 29 heavy (non-hydrogen) atoms. The van der Waals surface area contributed by atoms with Crippen LogP contribution in [0.5, 0.6) is 11.5 Å². The van der Waals surface area contributed by atoms with Crippen LogP contribution in [0.4, 0.5) is 5.69 Å². The van der Waals surface area contributed by atoms with Gasteiger partial charge in [-0.15, -0.1) is 0 Å². The summed E-state index contributed by atoms with van der Waals surface area (Å²) in [7, 11) is 3.15. The Kier molecular flexibility index (Phi) is 5.56. The third-order valence-corrected chi connectivity index (χ3v) is 6.77. The molecule has 0 bridgehead atoms. The molecule has 1 amide bonds. The number of para-hydroxylation sites is 1. The Morgan fingerprint density at radius 1 is 0.931 bits per heavy atom. The van der Waals surface area contributed by atoms with Gasteiger partial charge in [0.15, 0.2) is 0 Å². The Hall–Kier alpha value is -3.21. The SMILES string of the molecule is COc1ccc(NC(=O)c2ccc([Se]c3c[nH]c4ccccc34)cc2)cc1OC. The van der Waals surface area contributed by atoms with Crippen molar-refractivity contribution >= 4 is 46.4 Å². The normalized spacial score (nSPS) is 10.7. The molecule has 0 radical (unpaired) electrons. The van der Waals surface area contributed by atoms with E-state index in [2.05, 4.69) is 34.7 Å². The first-order valence-corrected chi connectivity index (χ1v) is 10.8. The summed E-state index contributed by atoms with van der Waals surface area (Å²) in [6.45, 7) is 0. The molecule has 6 heteroatoms. The maximum atomic E-state index is 12.6. The van der Waals surface area contributed by atoms with E-state index in [0.717, 1.165) is 5.52 Å². The van der Waals surface area contributed by atoms with Crippen molar-refractivity contribution in [1.29, 1.82) is 0 Å². The van der Waals surface area contributed by atoms with E-state index in [1.54, 1.807) is 32.4 Å². The van der Waals surface area contributed by atoms with E-state index in [9.17, 15) is 4.79 Å². The minimum atomic E-state index is -0.164. The van der Waals surface area contributed by atoms with Crippen LogP contribution in [0.15, 0.2) is 72.9 Å². The van der Waals surface area contributed by atoms with Crippen LogP contribution in [0.1, 0.15) is 10.4 Å². The van der Waals surface area contributed by atoms with Gasteiger partial charge in [-0.1, -0.05) is 0 Å². The quantitative estimate of drug-likeness (QED) is 0.443. The molecule has 0 saturated carbocycles. The Morgan fingerprint density at radius 3 is 2.45 bits per heavy atom. The number of nitrogens with one attached hydrogen (secondary N) is 2. The van der Waals surface area contributed by atoms with E-state index in [4.69, 9.17) is 9.47 Å². The monoisotopic (exact) mass is 452 g/mol. The summed E-state index contributed by atoms with van der Waals surface area (Å²) in [5.41, 5.74) is 2.41. The van der Waals surface area contributed by atoms with Crippen molar-refractivity contribution in [2.24, 2.45) is 0 Å². The van der Waals surface area contributed by atoms with Crippen molar-refractivity contribution in [3.05, 3.63) is 78.5 Å². The van der Waals surface area contributed by atoms with Gasteiger partial charge < -0.3 is 0 Å². The Balaban J connectivity index is 1.47. The zero-order chi connectivity index (χ0) is 20.2. The molecule has 0 spiro atoms. The van der Waals surface area contributed by atoms with Crippen molar-refractivity contribution < 1.29 is 14.3 Å². The van der Waals surface area contributed by atoms with Crippen molar-refractivity contribution in [2.45, 2.75) is 0 Å². The summed E-state index contributed by atoms with van der Waals surface area (Å²) < 4.78 is 13.0. The number of hydrogen-bond donors (Lipinski definition) is 2. The van der Waals surface area contributed by atoms with E-state index < -0.39 is 0 Å². The van der Waals surface area contributed by atoms with Gasteiger partial charge in [0.2, 0.25) is 0 Å². The van der Waals surface area contributed by atoms with E-state index in [0.29, 0.717) is 22.7 Å². The van der Waals surface area contributed by atoms with Crippen molar-refractivity contribution in [3.8, 4) is 11.5 Å². The molecule has 5 nitrogen and oxygen atoms in total. The van der Waals surface area contributed by atoms with E-state index >= 15 is 0 Å². The second kappa shape index (κ2) is 8.43. The summed E-state index contributed by atoms with van der Waals surface area (Å²) in [6, 6.07) is 21.4. The molecule has 4 rings (SSSR count). The molecule has 146 valence electrons. The number of aromatic amines is 1. The van der Waals surface area contributed by atoms with Crippen LogP contribution in [0.2, 0.25) is 0 Å². The molecule has 0 unspecified atom stereocenters. The molecule has 0 atom stereocenters. The van der Waals surface area contributed by atoms with Gasteiger partial charge in [-0.25, -0.2) is 0 Å². The Labute approximate surface area is 175 Å². The van der Waals surface area contributed by atoms with Crippen LogP contribution in [0.3, 0.4) is 0 Å². The number of fused-ring (bicyclic) bond motifs is 1. The number of methoxy groups -OCH3 is 2. The van der Waals surface area contributed by atoms with Crippen LogP contribution < -0.4 is 23.7 Å². The molecule has 0 aliphatic rings. The fourth-order valence-electron chi connectivity index (χ4n) is 3.05. The van der Waals surface area contributed by atoms with E-state index in [1.165, 1.54) is 14.3 Å². The van der Waals surface area contributed by atoms with Crippen LogP contribution in [-0.4, -0.2) is 40.1 Å². The summed E-state index contributed by atoms with van der Waals surface area (Å²) in [4.78, 5) is 15.9. The molecule has 1 aromatic heterocycles. The zero-order valence-electron chi connectivity index (χ0n) is 16.1. The topological polar surface area (TPSA) is 63.3 Å². The molecule has 3 aromatic carbocycles. The molecule has 2 N–H and O–H groups in total. The Bertz CT molecular complexity index is 1150. The second-order valence-electron chi connectivity index (χ2n) is 6.35. The number of amides is 1. The average molecular weight is 451 g/mol. The van der Waals surface area contributed by atoms with Gasteiger partial charge in [0.1, 0.15) is 0 Å². The third kappa shape index (κ3) is 4.14. The fourth-order valence-corrected chi connectivity index (χ4v) is 5.00. The van der Waals surface area contributed by atoms with Gasteiger partial charge >= 0.3 is 175 Å². The molecule has 0 fully saturated rings. The summed E-state index contributed by atoms with van der Waals surface area (Å²) in [5, 5.41) is 4.15. The molecular weight excluding hydrogens is 431 g/mol. The number of carbonyl (C=O) groups excluding carboxylic acids is 1. The zero-order valence-corrected chi connectivity index (χ0v) is 17.8. The summed E-state index contributed by atoms with van der Waals surface area (Å²) >= 11 is 0.165. The fraction of sp³-hybridized carbons (Fsp3) is 0.0870. The first-order chi connectivity index (χ1) is 14.2. The third-order valence-electron chi connectivity index (χ3n) is 4.54. The number of hydrogen-bond acceptors (Lipinski definition) is 3. The summed E-state index contributed by atoms with van der Waals surface area (Å²) in [6.07, 6.45) is 2.07. The summed E-state index contributed by atoms with van der Waals surface area (Å²) in [5.74, 6) is 1.03. The first-order valence-electron chi connectivity index (χ1n) is 9.05. The molecule has 4 aromatic rings. The van der Waals surface area contributed by atoms with Crippen molar-refractivity contribution in [3.63, 3.8) is 0 Å². The number of aromatic nitrogens is 1. The Morgan fingerprint density at radius 2 is 1.69 bits per heavy atom. The van der Waals surface area contributed by atoms with Gasteiger partial charge in [-0.05, 0) is 0 Å². The van der Waals surface area contributed by atoms with E-state index in [-0.39, 0.29) is 20.9 Å². The van der Waals surface area contributed by atoms with Crippen LogP contribution in [0.25, 0.3) is 10.9 Å². The first kappa shape index (κ1) is 19.1. The van der Waals surface area contributed by atoms with Crippen LogP contribution in [0, 0.1) is 0 Å². The molecule has 0 saturated heterocycles. The number of benzene rings is 3. The minimum absolute atomic E-state index is 0.164. The second-order valence-corrected chi connectivity index (χ2v) is 8.69. The van der Waals surface area contributed by atoms with Gasteiger partial charge in [-0.2, -0.15) is 0 Å². The van der Waals surface area contributed by atoms with Gasteiger partial charge in [0.05, 0.1) is 0 Å². The number of ether oxygens (including phenoxy) is 2. The van der Waals surface area contributed by atoms with Crippen molar-refractivity contribution in [2.75, 3.05) is 19.5 Å². The van der Waals surface area contributed by atoms with Gasteiger partial charge in [0.25, 0.3) is 0 Å². The van der Waals surface area contributed by atoms with Crippen LogP contribution in [-0.2, 0) is 0 Å². The number of H-pyrrole nitrogens is 1. The predicted octanol–water partition coefficient (Wildman–Crippen LogP) is 3.09. The van der Waals surface area contributed by atoms with Gasteiger partial charge in [0, 0.05) is 0 Å². The molecular formula is C23H20N2O3Se. The van der Waals surface area contributed by atoms with Gasteiger partial charge in [-0.3, -0.25) is 0 Å². The number of rotatable bonds is 6. The van der Waals surface area contributed by atoms with E-state index in [1.807, 2.05) is 30.3 Å². The molecule has 0 aliphatic heterocycles. The molecule has 0 aliphatic carbocycles. The predicted molar refractivity (Wildman–Crippen MR) is 117 cm³/mol. The molecule has 1 heterocycles. The number of anilines is 1. The van der Waals surface area contributed by atoms with Crippen LogP contribution >= 0.6 is 0 Å². The van der Waals surface area contributed by atoms with Crippen molar-refractivity contribution in [1.82, 2.24) is 4.98 Å². The average Bonchev–Trinajstić information content (AvgIpc) is 3.17.